The van der Waals surface area contributed by atoms with Gasteiger partial charge in [0.1, 0.15) is 5.82 Å². The van der Waals surface area contributed by atoms with E-state index in [9.17, 15) is 4.39 Å². The van der Waals surface area contributed by atoms with Crippen LogP contribution in [0.4, 0.5) is 4.39 Å². The lowest BCUT2D eigenvalue weighted by molar-refractivity contribution is -0.121. The molecule has 1 aromatic rings. The second-order valence-corrected chi connectivity index (χ2v) is 4.59. The molecule has 0 radical (unpaired) electrons. The van der Waals surface area contributed by atoms with E-state index in [1.807, 2.05) is 6.07 Å². The van der Waals surface area contributed by atoms with Crippen LogP contribution in [0.2, 0.25) is 0 Å². The van der Waals surface area contributed by atoms with Crippen LogP contribution in [0.5, 0.6) is 0 Å². The molecule has 0 saturated carbocycles. The van der Waals surface area contributed by atoms with E-state index in [-0.39, 0.29) is 11.9 Å². The SMILES string of the molecule is CNC(Cc1ccc(Br)cc1F)C(OC)OC. The number of benzene rings is 1. The normalized spacial score (nSPS) is 13.1. The molecule has 0 amide bonds. The topological polar surface area (TPSA) is 30.5 Å². The van der Waals surface area contributed by atoms with E-state index in [2.05, 4.69) is 21.2 Å². The Balaban J connectivity index is 2.80. The maximum atomic E-state index is 13.7. The van der Waals surface area contributed by atoms with Gasteiger partial charge in [-0.2, -0.15) is 0 Å². The average Bonchev–Trinajstić information content (AvgIpc) is 2.32. The molecular formula is C12H17BrFNO2. The predicted molar refractivity (Wildman–Crippen MR) is 68.5 cm³/mol. The third kappa shape index (κ3) is 4.03. The zero-order chi connectivity index (χ0) is 12.8. The summed E-state index contributed by atoms with van der Waals surface area (Å²) in [6.45, 7) is 0. The van der Waals surface area contributed by atoms with Crippen molar-refractivity contribution < 1.29 is 13.9 Å². The Morgan fingerprint density at radius 3 is 2.47 bits per heavy atom. The summed E-state index contributed by atoms with van der Waals surface area (Å²) in [5, 5.41) is 3.07. The molecule has 0 fully saturated rings. The number of rotatable bonds is 6. The molecule has 0 spiro atoms. The summed E-state index contributed by atoms with van der Waals surface area (Å²) in [4.78, 5) is 0. The molecule has 1 aromatic carbocycles. The zero-order valence-electron chi connectivity index (χ0n) is 10.2. The minimum atomic E-state index is -0.400. The third-order valence-electron chi connectivity index (χ3n) is 2.62. The Morgan fingerprint density at radius 1 is 1.35 bits per heavy atom. The van der Waals surface area contributed by atoms with E-state index in [1.54, 1.807) is 27.3 Å². The van der Waals surface area contributed by atoms with Gasteiger partial charge in [0.2, 0.25) is 0 Å². The van der Waals surface area contributed by atoms with Crippen LogP contribution in [0.15, 0.2) is 22.7 Å². The van der Waals surface area contributed by atoms with Crippen molar-refractivity contribution in [1.29, 1.82) is 0 Å². The number of hydrogen-bond acceptors (Lipinski definition) is 3. The van der Waals surface area contributed by atoms with E-state index in [1.165, 1.54) is 6.07 Å². The number of likely N-dealkylation sites (N-methyl/N-ethyl adjacent to an activating group) is 1. The van der Waals surface area contributed by atoms with E-state index >= 15 is 0 Å². The summed E-state index contributed by atoms with van der Waals surface area (Å²) in [7, 11) is 4.93. The molecule has 0 saturated heterocycles. The molecule has 0 bridgehead atoms. The van der Waals surface area contributed by atoms with E-state index < -0.39 is 6.29 Å². The minimum Gasteiger partial charge on any atom is -0.354 e. The molecule has 5 heteroatoms. The van der Waals surface area contributed by atoms with E-state index in [0.29, 0.717) is 12.0 Å². The van der Waals surface area contributed by atoms with Crippen LogP contribution in [-0.4, -0.2) is 33.6 Å². The summed E-state index contributed by atoms with van der Waals surface area (Å²) in [6.07, 6.45) is 0.102. The molecule has 0 heterocycles. The molecule has 1 atom stereocenters. The summed E-state index contributed by atoms with van der Waals surface area (Å²) in [5.41, 5.74) is 0.631. The minimum absolute atomic E-state index is 0.0966. The highest BCUT2D eigenvalue weighted by Gasteiger charge is 2.20. The van der Waals surface area contributed by atoms with Gasteiger partial charge >= 0.3 is 0 Å². The van der Waals surface area contributed by atoms with Crippen LogP contribution in [0.25, 0.3) is 0 Å². The number of halogens is 2. The van der Waals surface area contributed by atoms with Crippen LogP contribution in [0, 0.1) is 5.82 Å². The first kappa shape index (κ1) is 14.6. The first-order chi connectivity index (χ1) is 8.12. The second-order valence-electron chi connectivity index (χ2n) is 3.67. The molecule has 1 unspecified atom stereocenters. The Kier molecular flexibility index (Phi) is 6.05. The Morgan fingerprint density at radius 2 is 2.00 bits per heavy atom. The first-order valence-electron chi connectivity index (χ1n) is 5.29. The summed E-state index contributed by atoms with van der Waals surface area (Å²) in [5.74, 6) is -0.231. The summed E-state index contributed by atoms with van der Waals surface area (Å²) < 4.78 is 24.8. The van der Waals surface area contributed by atoms with Gasteiger partial charge in [-0.3, -0.25) is 0 Å². The largest absolute Gasteiger partial charge is 0.354 e. The number of ether oxygens (including phenoxy) is 2. The highest BCUT2D eigenvalue weighted by molar-refractivity contribution is 9.10. The van der Waals surface area contributed by atoms with Crippen LogP contribution in [-0.2, 0) is 15.9 Å². The van der Waals surface area contributed by atoms with E-state index in [0.717, 1.165) is 4.47 Å². The molecule has 96 valence electrons. The average molecular weight is 306 g/mol. The fraction of sp³-hybridized carbons (Fsp3) is 0.500. The molecule has 1 N–H and O–H groups in total. The molecule has 0 aromatic heterocycles. The summed E-state index contributed by atoms with van der Waals surface area (Å²) in [6, 6.07) is 4.93. The third-order valence-corrected chi connectivity index (χ3v) is 3.11. The van der Waals surface area contributed by atoms with Gasteiger partial charge in [0.15, 0.2) is 6.29 Å². The standard InChI is InChI=1S/C12H17BrFNO2/c1-15-11(12(16-2)17-3)6-8-4-5-9(13)7-10(8)14/h4-5,7,11-12,15H,6H2,1-3H3. The van der Waals surface area contributed by atoms with Crippen molar-refractivity contribution in [1.82, 2.24) is 5.32 Å². The van der Waals surface area contributed by atoms with Gasteiger partial charge in [-0.25, -0.2) is 4.39 Å². The number of methoxy groups -OCH3 is 2. The van der Waals surface area contributed by atoms with Gasteiger partial charge in [-0.05, 0) is 31.2 Å². The zero-order valence-corrected chi connectivity index (χ0v) is 11.8. The molecule has 3 nitrogen and oxygen atoms in total. The van der Waals surface area contributed by atoms with Crippen LogP contribution >= 0.6 is 15.9 Å². The number of nitrogens with one attached hydrogen (secondary N) is 1. The van der Waals surface area contributed by atoms with Crippen LogP contribution < -0.4 is 5.32 Å². The maximum Gasteiger partial charge on any atom is 0.172 e. The van der Waals surface area contributed by atoms with Gasteiger partial charge in [0.25, 0.3) is 0 Å². The van der Waals surface area contributed by atoms with Gasteiger partial charge in [0.05, 0.1) is 6.04 Å². The summed E-state index contributed by atoms with van der Waals surface area (Å²) >= 11 is 3.23. The molecule has 17 heavy (non-hydrogen) atoms. The fourth-order valence-corrected chi connectivity index (χ4v) is 2.02. The van der Waals surface area contributed by atoms with Gasteiger partial charge in [-0.15, -0.1) is 0 Å². The van der Waals surface area contributed by atoms with Gasteiger partial charge in [0, 0.05) is 18.7 Å². The fourth-order valence-electron chi connectivity index (χ4n) is 1.68. The maximum absolute atomic E-state index is 13.7. The highest BCUT2D eigenvalue weighted by atomic mass is 79.9. The van der Waals surface area contributed by atoms with E-state index in [4.69, 9.17) is 9.47 Å². The molecular weight excluding hydrogens is 289 g/mol. The lowest BCUT2D eigenvalue weighted by Gasteiger charge is -2.24. The quantitative estimate of drug-likeness (QED) is 0.818. The Hall–Kier alpha value is -0.490. The van der Waals surface area contributed by atoms with Crippen molar-refractivity contribution in [3.8, 4) is 0 Å². The lowest BCUT2D eigenvalue weighted by atomic mass is 10.1. The Labute approximate surface area is 109 Å². The molecule has 0 aliphatic rings. The molecule has 1 rings (SSSR count). The second kappa shape index (κ2) is 7.06. The Bertz CT molecular complexity index is 358. The molecule has 0 aliphatic heterocycles. The molecule has 0 aliphatic carbocycles. The van der Waals surface area contributed by atoms with Crippen molar-refractivity contribution in [3.05, 3.63) is 34.1 Å². The van der Waals surface area contributed by atoms with Crippen molar-refractivity contribution in [3.63, 3.8) is 0 Å². The number of hydrogen-bond donors (Lipinski definition) is 1. The predicted octanol–water partition coefficient (Wildman–Crippen LogP) is 2.34. The van der Waals surface area contributed by atoms with Crippen LogP contribution in [0.3, 0.4) is 0 Å². The van der Waals surface area contributed by atoms with Crippen molar-refractivity contribution in [2.75, 3.05) is 21.3 Å². The van der Waals surface area contributed by atoms with Crippen molar-refractivity contribution >= 4 is 15.9 Å². The van der Waals surface area contributed by atoms with Crippen LogP contribution in [0.1, 0.15) is 5.56 Å². The lowest BCUT2D eigenvalue weighted by Crippen LogP contribution is -2.41. The van der Waals surface area contributed by atoms with Crippen molar-refractivity contribution in [2.45, 2.75) is 18.8 Å². The van der Waals surface area contributed by atoms with Gasteiger partial charge < -0.3 is 14.8 Å². The van der Waals surface area contributed by atoms with Gasteiger partial charge in [-0.1, -0.05) is 22.0 Å². The van der Waals surface area contributed by atoms with Crippen molar-refractivity contribution in [2.24, 2.45) is 0 Å². The first-order valence-corrected chi connectivity index (χ1v) is 6.08. The monoisotopic (exact) mass is 305 g/mol. The smallest absolute Gasteiger partial charge is 0.172 e. The highest BCUT2D eigenvalue weighted by Crippen LogP contribution is 2.17.